The fourth-order valence-corrected chi connectivity index (χ4v) is 1.57. The van der Waals surface area contributed by atoms with Gasteiger partial charge >= 0.3 is 6.18 Å². The van der Waals surface area contributed by atoms with Gasteiger partial charge in [0.15, 0.2) is 0 Å². The number of unbranched alkanes of at least 4 members (excludes halogenated alkanes) is 1. The van der Waals surface area contributed by atoms with Crippen LogP contribution in [0.4, 0.5) is 19.1 Å². The molecule has 0 unspecified atom stereocenters. The molecule has 1 N–H and O–H groups in total. The van der Waals surface area contributed by atoms with E-state index < -0.39 is 12.6 Å². The summed E-state index contributed by atoms with van der Waals surface area (Å²) in [5.41, 5.74) is 0.744. The van der Waals surface area contributed by atoms with Gasteiger partial charge in [0.1, 0.15) is 0 Å². The second kappa shape index (κ2) is 7.31. The third kappa shape index (κ3) is 7.16. The number of aromatic nitrogens is 2. The lowest BCUT2D eigenvalue weighted by Gasteiger charge is -2.11. The molecule has 4 nitrogen and oxygen atoms in total. The molecular weight excluding hydrogens is 271 g/mol. The summed E-state index contributed by atoms with van der Waals surface area (Å²) in [4.78, 5) is 8.32. The van der Waals surface area contributed by atoms with E-state index in [1.807, 2.05) is 20.8 Å². The van der Waals surface area contributed by atoms with E-state index >= 15 is 0 Å². The van der Waals surface area contributed by atoms with Gasteiger partial charge in [-0.2, -0.15) is 18.2 Å². The first-order valence-electron chi connectivity index (χ1n) is 6.59. The Labute approximate surface area is 116 Å². The number of nitrogens with one attached hydrogen (secondary N) is 1. The summed E-state index contributed by atoms with van der Waals surface area (Å²) < 4.78 is 41.4. The van der Waals surface area contributed by atoms with E-state index in [2.05, 4.69) is 15.3 Å². The van der Waals surface area contributed by atoms with Crippen molar-refractivity contribution < 1.29 is 17.9 Å². The summed E-state index contributed by atoms with van der Waals surface area (Å²) in [6.45, 7) is 5.99. The molecule has 1 aromatic heterocycles. The van der Waals surface area contributed by atoms with Crippen molar-refractivity contribution in [3.8, 4) is 5.88 Å². The van der Waals surface area contributed by atoms with Crippen LogP contribution in [0, 0.1) is 6.92 Å². The lowest BCUT2D eigenvalue weighted by molar-refractivity contribution is -0.135. The molecule has 0 aromatic carbocycles. The predicted molar refractivity (Wildman–Crippen MR) is 70.9 cm³/mol. The van der Waals surface area contributed by atoms with Crippen molar-refractivity contribution in [1.82, 2.24) is 9.97 Å². The van der Waals surface area contributed by atoms with Gasteiger partial charge in [-0.25, -0.2) is 4.98 Å². The van der Waals surface area contributed by atoms with Crippen LogP contribution in [-0.2, 0) is 0 Å². The van der Waals surface area contributed by atoms with Crippen LogP contribution < -0.4 is 10.1 Å². The molecule has 1 aromatic rings. The minimum Gasteiger partial charge on any atom is -0.475 e. The lowest BCUT2D eigenvalue weighted by Crippen LogP contribution is -2.12. The van der Waals surface area contributed by atoms with E-state index in [0.717, 1.165) is 5.69 Å². The maximum atomic E-state index is 12.0. The highest BCUT2D eigenvalue weighted by Crippen LogP contribution is 2.22. The summed E-state index contributed by atoms with van der Waals surface area (Å²) in [5.74, 6) is 0.845. The fourth-order valence-electron chi connectivity index (χ4n) is 1.57. The van der Waals surface area contributed by atoms with Crippen LogP contribution in [0.5, 0.6) is 5.88 Å². The molecule has 0 aliphatic carbocycles. The molecule has 0 radical (unpaired) electrons. The first-order valence-corrected chi connectivity index (χ1v) is 6.59. The number of hydrogen-bond acceptors (Lipinski definition) is 4. The minimum atomic E-state index is -4.09. The maximum Gasteiger partial charge on any atom is 0.389 e. The average Bonchev–Trinajstić information content (AvgIpc) is 2.25. The molecule has 7 heteroatoms. The van der Waals surface area contributed by atoms with Crippen LogP contribution in [0.3, 0.4) is 0 Å². The Morgan fingerprint density at radius 3 is 2.55 bits per heavy atom. The summed E-state index contributed by atoms with van der Waals surface area (Å²) >= 11 is 0. The highest BCUT2D eigenvalue weighted by atomic mass is 19.4. The van der Waals surface area contributed by atoms with E-state index in [1.54, 1.807) is 6.07 Å². The number of nitrogens with zero attached hydrogens (tertiary/aromatic N) is 2. The molecule has 1 rings (SSSR count). The molecule has 0 aliphatic heterocycles. The smallest absolute Gasteiger partial charge is 0.389 e. The zero-order valence-corrected chi connectivity index (χ0v) is 11.9. The molecule has 0 bridgehead atoms. The molecule has 0 spiro atoms. The Balaban J connectivity index is 2.41. The van der Waals surface area contributed by atoms with Crippen LogP contribution in [0.2, 0.25) is 0 Å². The van der Waals surface area contributed by atoms with Crippen LogP contribution in [0.1, 0.15) is 38.8 Å². The SMILES string of the molecule is Cc1cc(OC(C)C)nc(NCCCCC(F)(F)F)n1. The third-order valence-electron chi connectivity index (χ3n) is 2.36. The highest BCUT2D eigenvalue weighted by molar-refractivity contribution is 5.30. The Morgan fingerprint density at radius 1 is 1.25 bits per heavy atom. The molecule has 1 heterocycles. The largest absolute Gasteiger partial charge is 0.475 e. The van der Waals surface area contributed by atoms with Crippen LogP contribution in [0.25, 0.3) is 0 Å². The van der Waals surface area contributed by atoms with Gasteiger partial charge in [0, 0.05) is 24.7 Å². The standard InChI is InChI=1S/C13H20F3N3O/c1-9(2)20-11-8-10(3)18-12(19-11)17-7-5-4-6-13(14,15)16/h8-9H,4-7H2,1-3H3,(H,17,18,19). The summed E-state index contributed by atoms with van der Waals surface area (Å²) in [5, 5.41) is 2.92. The Bertz CT molecular complexity index is 422. The molecule has 0 fully saturated rings. The molecular formula is C13H20F3N3O. The van der Waals surface area contributed by atoms with Crippen LogP contribution in [0.15, 0.2) is 6.07 Å². The average molecular weight is 291 g/mol. The molecule has 20 heavy (non-hydrogen) atoms. The molecule has 114 valence electrons. The summed E-state index contributed by atoms with van der Waals surface area (Å²) in [6, 6.07) is 1.72. The molecule has 0 saturated carbocycles. The van der Waals surface area contributed by atoms with Crippen molar-refractivity contribution in [2.75, 3.05) is 11.9 Å². The van der Waals surface area contributed by atoms with Crippen LogP contribution >= 0.6 is 0 Å². The van der Waals surface area contributed by atoms with E-state index in [4.69, 9.17) is 4.74 Å². The van der Waals surface area contributed by atoms with Gasteiger partial charge in [-0.05, 0) is 33.6 Å². The topological polar surface area (TPSA) is 47.0 Å². The first kappa shape index (κ1) is 16.5. The van der Waals surface area contributed by atoms with E-state index in [0.29, 0.717) is 24.8 Å². The number of ether oxygens (including phenoxy) is 1. The Hall–Kier alpha value is -1.53. The predicted octanol–water partition coefficient (Wildman–Crippen LogP) is 3.72. The van der Waals surface area contributed by atoms with Gasteiger partial charge in [-0.3, -0.25) is 0 Å². The van der Waals surface area contributed by atoms with Gasteiger partial charge in [-0.1, -0.05) is 0 Å². The monoisotopic (exact) mass is 291 g/mol. The number of aryl methyl sites for hydroxylation is 1. The lowest BCUT2D eigenvalue weighted by atomic mass is 10.2. The van der Waals surface area contributed by atoms with Crippen molar-refractivity contribution in [1.29, 1.82) is 0 Å². The zero-order valence-electron chi connectivity index (χ0n) is 11.9. The molecule has 0 atom stereocenters. The maximum absolute atomic E-state index is 12.0. The number of rotatable bonds is 7. The summed E-state index contributed by atoms with van der Waals surface area (Å²) in [7, 11) is 0. The molecule has 0 aliphatic rings. The quantitative estimate of drug-likeness (QED) is 0.778. The van der Waals surface area contributed by atoms with Crippen LogP contribution in [-0.4, -0.2) is 28.8 Å². The van der Waals surface area contributed by atoms with Crippen molar-refractivity contribution in [3.63, 3.8) is 0 Å². The Morgan fingerprint density at radius 2 is 1.95 bits per heavy atom. The normalized spacial score (nSPS) is 11.8. The minimum absolute atomic E-state index is 0.00364. The number of alkyl halides is 3. The summed E-state index contributed by atoms with van der Waals surface area (Å²) in [6.07, 6.45) is -4.33. The van der Waals surface area contributed by atoms with E-state index in [9.17, 15) is 13.2 Å². The van der Waals surface area contributed by atoms with E-state index in [1.165, 1.54) is 0 Å². The zero-order chi connectivity index (χ0) is 15.2. The third-order valence-corrected chi connectivity index (χ3v) is 2.36. The van der Waals surface area contributed by atoms with Gasteiger partial charge in [0.2, 0.25) is 11.8 Å². The van der Waals surface area contributed by atoms with Crippen molar-refractivity contribution in [2.24, 2.45) is 0 Å². The number of anilines is 1. The fraction of sp³-hybridized carbons (Fsp3) is 0.692. The number of hydrogen-bond donors (Lipinski definition) is 1. The Kier molecular flexibility index (Phi) is 6.04. The second-order valence-corrected chi connectivity index (χ2v) is 4.84. The molecule has 0 saturated heterocycles. The van der Waals surface area contributed by atoms with E-state index in [-0.39, 0.29) is 12.5 Å². The first-order chi connectivity index (χ1) is 9.26. The van der Waals surface area contributed by atoms with Crippen molar-refractivity contribution >= 4 is 5.95 Å². The van der Waals surface area contributed by atoms with Gasteiger partial charge in [-0.15, -0.1) is 0 Å². The molecule has 0 amide bonds. The highest BCUT2D eigenvalue weighted by Gasteiger charge is 2.25. The van der Waals surface area contributed by atoms with Gasteiger partial charge in [0.25, 0.3) is 0 Å². The van der Waals surface area contributed by atoms with Gasteiger partial charge < -0.3 is 10.1 Å². The van der Waals surface area contributed by atoms with Crippen molar-refractivity contribution in [3.05, 3.63) is 11.8 Å². The second-order valence-electron chi connectivity index (χ2n) is 4.84. The van der Waals surface area contributed by atoms with Crippen molar-refractivity contribution in [2.45, 2.75) is 52.3 Å². The van der Waals surface area contributed by atoms with Gasteiger partial charge in [0.05, 0.1) is 6.10 Å². The number of halogens is 3.